The highest BCUT2D eigenvalue weighted by Crippen LogP contribution is 2.38. The lowest BCUT2D eigenvalue weighted by atomic mass is 9.86. The Labute approximate surface area is 349 Å². The predicted molar refractivity (Wildman–Crippen MR) is 259 cm³/mol. The minimum absolute atomic E-state index is 0.166. The van der Waals surface area contributed by atoms with Crippen LogP contribution in [0.15, 0.2) is 212 Å². The van der Waals surface area contributed by atoms with Crippen molar-refractivity contribution >= 4 is 86.7 Å². The van der Waals surface area contributed by atoms with Gasteiger partial charge in [0.05, 0.1) is 22.1 Å². The van der Waals surface area contributed by atoms with Gasteiger partial charge in [-0.3, -0.25) is 0 Å². The second-order valence-corrected chi connectivity index (χ2v) is 16.9. The number of rotatable bonds is 2. The summed E-state index contributed by atoms with van der Waals surface area (Å²) in [6.45, 7) is 6.99. The molecule has 2 nitrogen and oxygen atoms in total. The van der Waals surface area contributed by atoms with E-state index in [-0.39, 0.29) is 5.41 Å². The molecule has 0 radical (unpaired) electrons. The normalized spacial score (nSPS) is 11.9. The molecule has 0 amide bonds. The number of para-hydroxylation sites is 4. The van der Waals surface area contributed by atoms with Crippen LogP contribution < -0.4 is 0 Å². The maximum Gasteiger partial charge on any atom is 0.0540 e. The van der Waals surface area contributed by atoms with Gasteiger partial charge in [0, 0.05) is 32.9 Å². The summed E-state index contributed by atoms with van der Waals surface area (Å²) in [4.78, 5) is 0. The van der Waals surface area contributed by atoms with Crippen molar-refractivity contribution in [2.45, 2.75) is 26.2 Å². The quantitative estimate of drug-likeness (QED) is 0.166. The SMILES string of the molecule is CC(C)(C)c1cc(-n2c3ccccc3c3ccccc3c3ccccc3c3ccccc32)cc(-n2c3ccccc3c3ccccc3c3ccccc3c3ccccc32)c1. The molecule has 286 valence electrons. The summed E-state index contributed by atoms with van der Waals surface area (Å²) in [5, 5.41) is 14.5. The van der Waals surface area contributed by atoms with Gasteiger partial charge in [-0.2, -0.15) is 0 Å². The third kappa shape index (κ3) is 5.79. The van der Waals surface area contributed by atoms with Crippen molar-refractivity contribution in [1.82, 2.24) is 9.13 Å². The number of hydrogen-bond acceptors (Lipinski definition) is 0. The van der Waals surface area contributed by atoms with Crippen molar-refractivity contribution in [3.8, 4) is 11.4 Å². The predicted octanol–water partition coefficient (Wildman–Crippen LogP) is 16.0. The summed E-state index contributed by atoms with van der Waals surface area (Å²) < 4.78 is 5.03. The molecule has 2 aromatic heterocycles. The molecule has 0 saturated heterocycles. The summed E-state index contributed by atoms with van der Waals surface area (Å²) in [6, 6.07) is 78.5. The molecule has 0 aliphatic heterocycles. The molecule has 0 fully saturated rings. The van der Waals surface area contributed by atoms with Gasteiger partial charge in [0.15, 0.2) is 0 Å². The first-order valence-corrected chi connectivity index (χ1v) is 20.9. The lowest BCUT2D eigenvalue weighted by Crippen LogP contribution is -2.13. The zero-order valence-corrected chi connectivity index (χ0v) is 34.1. The van der Waals surface area contributed by atoms with Crippen molar-refractivity contribution in [3.05, 3.63) is 218 Å². The van der Waals surface area contributed by atoms with E-state index in [0.717, 1.165) is 33.4 Å². The first-order valence-electron chi connectivity index (χ1n) is 20.9. The molecule has 2 heteroatoms. The van der Waals surface area contributed by atoms with E-state index in [9.17, 15) is 0 Å². The molecule has 2 heterocycles. The largest absolute Gasteiger partial charge is 0.309 e. The molecule has 0 unspecified atom stereocenters. The van der Waals surface area contributed by atoms with Crippen LogP contribution >= 0.6 is 0 Å². The first kappa shape index (κ1) is 35.7. The smallest absolute Gasteiger partial charge is 0.0540 e. The van der Waals surface area contributed by atoms with Gasteiger partial charge in [-0.15, -0.1) is 0 Å². The number of fused-ring (bicyclic) bond motifs is 14. The van der Waals surface area contributed by atoms with Crippen LogP contribution in [-0.2, 0) is 5.41 Å². The molecule has 11 rings (SSSR count). The molecular formula is C58H44N2. The van der Waals surface area contributed by atoms with Crippen LogP contribution in [0.1, 0.15) is 26.3 Å². The lowest BCUT2D eigenvalue weighted by Gasteiger charge is -2.24. The van der Waals surface area contributed by atoms with E-state index in [1.807, 2.05) is 0 Å². The van der Waals surface area contributed by atoms with E-state index in [0.29, 0.717) is 0 Å². The summed E-state index contributed by atoms with van der Waals surface area (Å²) >= 11 is 0. The number of hydrogen-bond donors (Lipinski definition) is 0. The molecule has 0 aliphatic carbocycles. The Balaban J connectivity index is 1.41. The summed E-state index contributed by atoms with van der Waals surface area (Å²) in [5.74, 6) is 0. The van der Waals surface area contributed by atoms with Crippen LogP contribution in [0.2, 0.25) is 0 Å². The maximum absolute atomic E-state index is 2.51. The van der Waals surface area contributed by atoms with Crippen molar-refractivity contribution in [2.24, 2.45) is 0 Å². The second-order valence-electron chi connectivity index (χ2n) is 16.9. The van der Waals surface area contributed by atoms with Crippen molar-refractivity contribution in [2.75, 3.05) is 0 Å². The van der Waals surface area contributed by atoms with E-state index >= 15 is 0 Å². The van der Waals surface area contributed by atoms with E-state index in [1.54, 1.807) is 0 Å². The van der Waals surface area contributed by atoms with Crippen LogP contribution in [0, 0.1) is 0 Å². The van der Waals surface area contributed by atoms with Gasteiger partial charge in [-0.25, -0.2) is 0 Å². The van der Waals surface area contributed by atoms with Crippen molar-refractivity contribution in [1.29, 1.82) is 0 Å². The van der Waals surface area contributed by atoms with E-state index < -0.39 is 0 Å². The van der Waals surface area contributed by atoms with Gasteiger partial charge in [-0.1, -0.05) is 191 Å². The fourth-order valence-electron chi connectivity index (χ4n) is 9.50. The Morgan fingerprint density at radius 1 is 0.250 bits per heavy atom. The average molecular weight is 769 g/mol. The van der Waals surface area contributed by atoms with Crippen LogP contribution in [0.25, 0.3) is 98.1 Å². The summed E-state index contributed by atoms with van der Waals surface area (Å²) in [7, 11) is 0. The zero-order chi connectivity index (χ0) is 40.4. The fourth-order valence-corrected chi connectivity index (χ4v) is 9.50. The molecule has 0 N–H and O–H groups in total. The Morgan fingerprint density at radius 3 is 0.683 bits per heavy atom. The van der Waals surface area contributed by atoms with Gasteiger partial charge in [-0.05, 0) is 96.5 Å². The average Bonchev–Trinajstić information content (AvgIpc) is 3.36. The Hall–Kier alpha value is -7.42. The van der Waals surface area contributed by atoms with Gasteiger partial charge in [0.2, 0.25) is 0 Å². The highest BCUT2D eigenvalue weighted by atomic mass is 15.0. The molecule has 0 spiro atoms. The summed E-state index contributed by atoms with van der Waals surface area (Å²) in [5.41, 5.74) is 7.83. The highest BCUT2D eigenvalue weighted by molar-refractivity contribution is 6.21. The molecule has 0 bridgehead atoms. The molecular weight excluding hydrogens is 725 g/mol. The van der Waals surface area contributed by atoms with Gasteiger partial charge >= 0.3 is 0 Å². The fraction of sp³-hybridized carbons (Fsp3) is 0.0690. The summed E-state index contributed by atoms with van der Waals surface area (Å²) in [6.07, 6.45) is 0. The molecule has 11 aromatic rings. The number of nitrogens with zero attached hydrogens (tertiary/aromatic N) is 2. The zero-order valence-electron chi connectivity index (χ0n) is 34.1. The minimum atomic E-state index is -0.166. The number of benzene rings is 9. The second kappa shape index (κ2) is 14.1. The first-order chi connectivity index (χ1) is 29.4. The third-order valence-corrected chi connectivity index (χ3v) is 12.3. The Bertz CT molecular complexity index is 3210. The Morgan fingerprint density at radius 2 is 0.450 bits per heavy atom. The standard InChI is InChI=1S/C58H44N2/c1-58(2,3)39-36-40(59-54-32-16-12-28-50(54)46-24-8-4-20-42(46)43-21-5-9-25-47(43)51-29-13-17-33-55(51)59)38-41(37-39)60-56-34-18-14-30-52(56)48-26-10-6-22-44(48)45-23-7-11-27-49(45)53-31-15-19-35-57(53)60/h4-38H,1-3H3. The van der Waals surface area contributed by atoms with Gasteiger partial charge < -0.3 is 9.13 Å². The highest BCUT2D eigenvalue weighted by Gasteiger charge is 2.20. The van der Waals surface area contributed by atoms with E-state index in [1.165, 1.54) is 70.2 Å². The maximum atomic E-state index is 2.51. The third-order valence-electron chi connectivity index (χ3n) is 12.3. The van der Waals surface area contributed by atoms with Crippen molar-refractivity contribution < 1.29 is 0 Å². The lowest BCUT2D eigenvalue weighted by molar-refractivity contribution is 0.589. The monoisotopic (exact) mass is 768 g/mol. The van der Waals surface area contributed by atoms with Crippen LogP contribution in [-0.4, -0.2) is 9.13 Å². The molecule has 0 saturated carbocycles. The van der Waals surface area contributed by atoms with E-state index in [2.05, 4.69) is 242 Å². The van der Waals surface area contributed by atoms with Crippen LogP contribution in [0.3, 0.4) is 0 Å². The van der Waals surface area contributed by atoms with Gasteiger partial charge in [0.25, 0.3) is 0 Å². The molecule has 0 aliphatic rings. The number of aromatic nitrogens is 2. The van der Waals surface area contributed by atoms with Crippen molar-refractivity contribution in [3.63, 3.8) is 0 Å². The molecule has 60 heavy (non-hydrogen) atoms. The molecule has 9 aromatic carbocycles. The van der Waals surface area contributed by atoms with E-state index in [4.69, 9.17) is 0 Å². The van der Waals surface area contributed by atoms with Crippen LogP contribution in [0.5, 0.6) is 0 Å². The minimum Gasteiger partial charge on any atom is -0.309 e. The van der Waals surface area contributed by atoms with Crippen LogP contribution in [0.4, 0.5) is 0 Å². The van der Waals surface area contributed by atoms with Gasteiger partial charge in [0.1, 0.15) is 0 Å². The Kier molecular flexibility index (Phi) is 8.42. The topological polar surface area (TPSA) is 9.86 Å². The molecule has 0 atom stereocenters.